The Morgan fingerprint density at radius 3 is 2.57 bits per heavy atom. The van der Waals surface area contributed by atoms with Crippen molar-refractivity contribution in [2.24, 2.45) is 0 Å². The fraction of sp³-hybridized carbons (Fsp3) is 0.533. The summed E-state index contributed by atoms with van der Waals surface area (Å²) in [6.45, 7) is 9.12. The molecule has 6 nitrogen and oxygen atoms in total. The normalized spacial score (nSPS) is 10.9. The molecule has 114 valence electrons. The molecule has 0 aliphatic heterocycles. The SMILES string of the molecule is CCOC(=O)c1c(CC)nc2c(cnn2CC)c1OCC. The second kappa shape index (κ2) is 6.56. The molecule has 0 amide bonds. The van der Waals surface area contributed by atoms with Crippen LogP contribution >= 0.6 is 0 Å². The van der Waals surface area contributed by atoms with E-state index in [0.29, 0.717) is 43.2 Å². The van der Waals surface area contributed by atoms with E-state index in [1.54, 1.807) is 17.8 Å². The highest BCUT2D eigenvalue weighted by molar-refractivity contribution is 6.00. The molecule has 2 heterocycles. The van der Waals surface area contributed by atoms with E-state index < -0.39 is 5.97 Å². The molecule has 0 N–H and O–H groups in total. The van der Waals surface area contributed by atoms with E-state index in [4.69, 9.17) is 9.47 Å². The summed E-state index contributed by atoms with van der Waals surface area (Å²) in [7, 11) is 0. The van der Waals surface area contributed by atoms with Crippen molar-refractivity contribution in [1.29, 1.82) is 0 Å². The van der Waals surface area contributed by atoms with Gasteiger partial charge in [0.2, 0.25) is 0 Å². The third-order valence-electron chi connectivity index (χ3n) is 3.22. The van der Waals surface area contributed by atoms with Crippen molar-refractivity contribution in [3.63, 3.8) is 0 Å². The molecule has 0 aliphatic rings. The first kappa shape index (κ1) is 15.3. The lowest BCUT2D eigenvalue weighted by atomic mass is 10.1. The number of carbonyl (C=O) groups excluding carboxylic acids is 1. The van der Waals surface area contributed by atoms with E-state index in [0.717, 1.165) is 11.0 Å². The van der Waals surface area contributed by atoms with Crippen LogP contribution in [0.5, 0.6) is 5.75 Å². The second-order valence-electron chi connectivity index (χ2n) is 4.47. The van der Waals surface area contributed by atoms with Crippen molar-refractivity contribution in [2.75, 3.05) is 13.2 Å². The Kier molecular flexibility index (Phi) is 4.77. The number of aromatic nitrogens is 3. The van der Waals surface area contributed by atoms with E-state index in [1.165, 1.54) is 0 Å². The van der Waals surface area contributed by atoms with Gasteiger partial charge < -0.3 is 9.47 Å². The largest absolute Gasteiger partial charge is 0.492 e. The van der Waals surface area contributed by atoms with Gasteiger partial charge in [0.15, 0.2) is 5.65 Å². The Balaban J connectivity index is 2.74. The Labute approximate surface area is 124 Å². The minimum Gasteiger partial charge on any atom is -0.492 e. The van der Waals surface area contributed by atoms with Gasteiger partial charge in [-0.2, -0.15) is 5.10 Å². The van der Waals surface area contributed by atoms with Crippen molar-refractivity contribution in [3.8, 4) is 5.75 Å². The fourth-order valence-electron chi connectivity index (χ4n) is 2.30. The summed E-state index contributed by atoms with van der Waals surface area (Å²) in [6.07, 6.45) is 2.32. The number of hydrogen-bond acceptors (Lipinski definition) is 5. The number of carbonyl (C=O) groups is 1. The first-order valence-electron chi connectivity index (χ1n) is 7.36. The Bertz CT molecular complexity index is 649. The van der Waals surface area contributed by atoms with Gasteiger partial charge in [-0.05, 0) is 27.2 Å². The van der Waals surface area contributed by atoms with Gasteiger partial charge in [0, 0.05) is 6.54 Å². The maximum atomic E-state index is 12.3. The average Bonchev–Trinajstić information content (AvgIpc) is 2.90. The quantitative estimate of drug-likeness (QED) is 0.765. The smallest absolute Gasteiger partial charge is 0.343 e. The lowest BCUT2D eigenvalue weighted by molar-refractivity contribution is 0.0520. The van der Waals surface area contributed by atoms with Gasteiger partial charge >= 0.3 is 5.97 Å². The molecular weight excluding hydrogens is 270 g/mol. The van der Waals surface area contributed by atoms with Gasteiger partial charge in [0.1, 0.15) is 11.3 Å². The van der Waals surface area contributed by atoms with Crippen molar-refractivity contribution in [3.05, 3.63) is 17.5 Å². The minimum absolute atomic E-state index is 0.319. The summed E-state index contributed by atoms with van der Waals surface area (Å²) >= 11 is 0. The van der Waals surface area contributed by atoms with Crippen LogP contribution in [0.4, 0.5) is 0 Å². The molecule has 0 saturated heterocycles. The van der Waals surface area contributed by atoms with Gasteiger partial charge in [0.05, 0.1) is 30.5 Å². The molecule has 21 heavy (non-hydrogen) atoms. The zero-order chi connectivity index (χ0) is 15.4. The number of aryl methyl sites for hydroxylation is 2. The number of pyridine rings is 1. The summed E-state index contributed by atoms with van der Waals surface area (Å²) in [5, 5.41) is 5.05. The molecule has 2 rings (SSSR count). The summed E-state index contributed by atoms with van der Waals surface area (Å²) in [5.74, 6) is 0.133. The van der Waals surface area contributed by atoms with Crippen molar-refractivity contribution in [2.45, 2.75) is 40.7 Å². The Morgan fingerprint density at radius 1 is 1.24 bits per heavy atom. The summed E-state index contributed by atoms with van der Waals surface area (Å²) < 4.78 is 12.7. The lowest BCUT2D eigenvalue weighted by Crippen LogP contribution is -2.13. The summed E-state index contributed by atoms with van der Waals surface area (Å²) in [6, 6.07) is 0. The molecule has 0 atom stereocenters. The van der Waals surface area contributed by atoms with Crippen molar-refractivity contribution >= 4 is 17.0 Å². The topological polar surface area (TPSA) is 66.2 Å². The third kappa shape index (κ3) is 2.70. The molecule has 0 aromatic carbocycles. The third-order valence-corrected chi connectivity index (χ3v) is 3.22. The molecule has 0 bridgehead atoms. The number of hydrogen-bond donors (Lipinski definition) is 0. The molecule has 2 aromatic heterocycles. The van der Waals surface area contributed by atoms with Crippen LogP contribution in [0, 0.1) is 0 Å². The zero-order valence-corrected chi connectivity index (χ0v) is 13.0. The van der Waals surface area contributed by atoms with Crippen molar-refractivity contribution < 1.29 is 14.3 Å². The maximum Gasteiger partial charge on any atom is 0.343 e. The number of fused-ring (bicyclic) bond motifs is 1. The maximum absolute atomic E-state index is 12.3. The van der Waals surface area contributed by atoms with Crippen molar-refractivity contribution in [1.82, 2.24) is 14.8 Å². The highest BCUT2D eigenvalue weighted by atomic mass is 16.5. The van der Waals surface area contributed by atoms with E-state index in [-0.39, 0.29) is 0 Å². The molecule has 0 unspecified atom stereocenters. The van der Waals surface area contributed by atoms with Gasteiger partial charge in [-0.1, -0.05) is 6.92 Å². The van der Waals surface area contributed by atoms with Gasteiger partial charge in [0.25, 0.3) is 0 Å². The standard InChI is InChI=1S/C15H21N3O3/c1-5-11-12(15(19)21-8-4)13(20-7-3)10-9-16-18(6-2)14(10)17-11/h9H,5-8H2,1-4H3. The molecular formula is C15H21N3O3. The van der Waals surface area contributed by atoms with Crippen LogP contribution in [0.1, 0.15) is 43.7 Å². The van der Waals surface area contributed by atoms with E-state index in [1.807, 2.05) is 20.8 Å². The lowest BCUT2D eigenvalue weighted by Gasteiger charge is -2.14. The first-order valence-corrected chi connectivity index (χ1v) is 7.36. The number of rotatable bonds is 6. The van der Waals surface area contributed by atoms with E-state index in [9.17, 15) is 4.79 Å². The van der Waals surface area contributed by atoms with E-state index in [2.05, 4.69) is 10.1 Å². The zero-order valence-electron chi connectivity index (χ0n) is 13.0. The molecule has 2 aromatic rings. The molecule has 0 radical (unpaired) electrons. The van der Waals surface area contributed by atoms with Crippen LogP contribution in [0.25, 0.3) is 11.0 Å². The van der Waals surface area contributed by atoms with Crippen LogP contribution in [0.15, 0.2) is 6.20 Å². The number of ether oxygens (including phenoxy) is 2. The molecule has 0 aliphatic carbocycles. The fourth-order valence-corrected chi connectivity index (χ4v) is 2.30. The first-order chi connectivity index (χ1) is 10.2. The average molecular weight is 291 g/mol. The van der Waals surface area contributed by atoms with Crippen LogP contribution in [-0.2, 0) is 17.7 Å². The predicted molar refractivity (Wildman–Crippen MR) is 79.7 cm³/mol. The Morgan fingerprint density at radius 2 is 2.00 bits per heavy atom. The highest BCUT2D eigenvalue weighted by Gasteiger charge is 2.24. The van der Waals surface area contributed by atoms with Crippen LogP contribution in [0.3, 0.4) is 0 Å². The second-order valence-corrected chi connectivity index (χ2v) is 4.47. The molecule has 0 spiro atoms. The Hall–Kier alpha value is -2.11. The predicted octanol–water partition coefficient (Wildman–Crippen LogP) is 2.59. The van der Waals surface area contributed by atoms with Crippen LogP contribution < -0.4 is 4.74 Å². The van der Waals surface area contributed by atoms with Gasteiger partial charge in [-0.15, -0.1) is 0 Å². The minimum atomic E-state index is -0.392. The highest BCUT2D eigenvalue weighted by Crippen LogP contribution is 2.32. The number of nitrogens with zero attached hydrogens (tertiary/aromatic N) is 3. The van der Waals surface area contributed by atoms with Gasteiger partial charge in [-0.25, -0.2) is 14.5 Å². The van der Waals surface area contributed by atoms with Crippen LogP contribution in [-0.4, -0.2) is 33.9 Å². The number of esters is 1. The molecule has 6 heteroatoms. The van der Waals surface area contributed by atoms with Crippen LogP contribution in [0.2, 0.25) is 0 Å². The monoisotopic (exact) mass is 291 g/mol. The van der Waals surface area contributed by atoms with Gasteiger partial charge in [-0.3, -0.25) is 0 Å². The summed E-state index contributed by atoms with van der Waals surface area (Å²) in [5.41, 5.74) is 1.84. The summed E-state index contributed by atoms with van der Waals surface area (Å²) in [4.78, 5) is 16.9. The molecule has 0 saturated carbocycles. The van der Waals surface area contributed by atoms with E-state index >= 15 is 0 Å². The molecule has 0 fully saturated rings.